The summed E-state index contributed by atoms with van der Waals surface area (Å²) in [5, 5.41) is 14.0. The Morgan fingerprint density at radius 1 is 0.971 bits per heavy atom. The van der Waals surface area contributed by atoms with Crippen LogP contribution in [0.25, 0.3) is 22.0 Å². The Labute approximate surface area is 207 Å². The van der Waals surface area contributed by atoms with E-state index in [4.69, 9.17) is 16.3 Å². The third-order valence-corrected chi connectivity index (χ3v) is 5.89. The first-order chi connectivity index (χ1) is 17.2. The van der Waals surface area contributed by atoms with Gasteiger partial charge in [-0.1, -0.05) is 72.3 Å². The van der Waals surface area contributed by atoms with Gasteiger partial charge in [-0.05, 0) is 47.2 Å². The third kappa shape index (κ3) is 5.23. The Hall–Kier alpha value is -4.42. The van der Waals surface area contributed by atoms with Gasteiger partial charge in [0.1, 0.15) is 18.1 Å². The predicted octanol–water partition coefficient (Wildman–Crippen LogP) is 6.23. The van der Waals surface area contributed by atoms with E-state index in [2.05, 4.69) is 20.7 Å². The molecular weight excluding hydrogens is 460 g/mol. The lowest BCUT2D eigenvalue weighted by Gasteiger charge is -2.08. The molecular formula is C28H21ClN4O2. The summed E-state index contributed by atoms with van der Waals surface area (Å²) in [4.78, 5) is 12.5. The van der Waals surface area contributed by atoms with Crippen molar-refractivity contribution in [2.24, 2.45) is 5.10 Å². The molecule has 5 rings (SSSR count). The zero-order valence-electron chi connectivity index (χ0n) is 18.6. The first-order valence-corrected chi connectivity index (χ1v) is 11.4. The van der Waals surface area contributed by atoms with Crippen LogP contribution in [0.5, 0.6) is 5.75 Å². The molecule has 0 saturated heterocycles. The van der Waals surface area contributed by atoms with E-state index in [1.165, 1.54) is 0 Å². The van der Waals surface area contributed by atoms with Crippen LogP contribution in [0.2, 0.25) is 5.02 Å². The minimum absolute atomic E-state index is 0.314. The van der Waals surface area contributed by atoms with Gasteiger partial charge in [-0.2, -0.15) is 10.2 Å². The standard InChI is InChI=1S/C28H21ClN4O2/c29-25-11-4-2-7-22(25)18-35-23-14-12-20(13-15-23)26-16-27(32-31-26)28(34)33-30-17-21-9-5-8-19-6-1-3-10-24(19)21/h1-17H,18H2,(H,31,32)(H,33,34)/b30-17+. The number of hydrogen-bond acceptors (Lipinski definition) is 4. The van der Waals surface area contributed by atoms with Crippen molar-refractivity contribution in [2.45, 2.75) is 6.61 Å². The highest BCUT2D eigenvalue weighted by atomic mass is 35.5. The second kappa shape index (κ2) is 10.2. The quantitative estimate of drug-likeness (QED) is 0.214. The topological polar surface area (TPSA) is 79.4 Å². The number of aromatic nitrogens is 2. The Bertz CT molecular complexity index is 1500. The Balaban J connectivity index is 1.21. The van der Waals surface area contributed by atoms with Gasteiger partial charge in [-0.15, -0.1) is 0 Å². The maximum Gasteiger partial charge on any atom is 0.289 e. The van der Waals surface area contributed by atoms with Crippen LogP contribution in [-0.2, 0) is 6.61 Å². The van der Waals surface area contributed by atoms with E-state index in [1.807, 2.05) is 91.0 Å². The number of hydrogen-bond donors (Lipinski definition) is 2. The number of halogens is 1. The molecule has 0 aliphatic heterocycles. The minimum Gasteiger partial charge on any atom is -0.489 e. The summed E-state index contributed by atoms with van der Waals surface area (Å²) in [6, 6.07) is 30.7. The fourth-order valence-electron chi connectivity index (χ4n) is 3.67. The van der Waals surface area contributed by atoms with Gasteiger partial charge in [-0.25, -0.2) is 5.43 Å². The van der Waals surface area contributed by atoms with Crippen LogP contribution >= 0.6 is 11.6 Å². The first kappa shape index (κ1) is 22.4. The van der Waals surface area contributed by atoms with E-state index in [-0.39, 0.29) is 5.91 Å². The van der Waals surface area contributed by atoms with E-state index < -0.39 is 0 Å². The molecule has 0 fully saturated rings. The molecule has 0 aliphatic carbocycles. The Morgan fingerprint density at radius 3 is 2.60 bits per heavy atom. The molecule has 0 atom stereocenters. The monoisotopic (exact) mass is 480 g/mol. The summed E-state index contributed by atoms with van der Waals surface area (Å²) in [5.41, 5.74) is 6.20. The van der Waals surface area contributed by atoms with Gasteiger partial charge in [0.05, 0.1) is 11.9 Å². The second-order valence-electron chi connectivity index (χ2n) is 7.84. The molecule has 35 heavy (non-hydrogen) atoms. The van der Waals surface area contributed by atoms with Crippen LogP contribution in [-0.4, -0.2) is 22.3 Å². The zero-order valence-corrected chi connectivity index (χ0v) is 19.4. The van der Waals surface area contributed by atoms with E-state index in [9.17, 15) is 4.79 Å². The smallest absolute Gasteiger partial charge is 0.289 e. The highest BCUT2D eigenvalue weighted by molar-refractivity contribution is 6.31. The molecule has 5 aromatic rings. The van der Waals surface area contributed by atoms with Crippen LogP contribution in [0, 0.1) is 0 Å². The zero-order chi connectivity index (χ0) is 24.0. The van der Waals surface area contributed by atoms with Crippen molar-refractivity contribution in [3.8, 4) is 17.0 Å². The molecule has 1 amide bonds. The number of nitrogens with zero attached hydrogens (tertiary/aromatic N) is 2. The number of benzene rings is 4. The number of fused-ring (bicyclic) bond motifs is 1. The summed E-state index contributed by atoms with van der Waals surface area (Å²) < 4.78 is 5.82. The van der Waals surface area contributed by atoms with Crippen LogP contribution in [0.3, 0.4) is 0 Å². The van der Waals surface area contributed by atoms with Crippen molar-refractivity contribution in [1.82, 2.24) is 15.6 Å². The lowest BCUT2D eigenvalue weighted by molar-refractivity contribution is 0.0950. The van der Waals surface area contributed by atoms with Crippen molar-refractivity contribution >= 4 is 34.5 Å². The van der Waals surface area contributed by atoms with Gasteiger partial charge in [0.15, 0.2) is 0 Å². The van der Waals surface area contributed by atoms with Crippen LogP contribution in [0.1, 0.15) is 21.6 Å². The average molecular weight is 481 g/mol. The fraction of sp³-hybridized carbons (Fsp3) is 0.0357. The average Bonchev–Trinajstić information content (AvgIpc) is 3.39. The maximum absolute atomic E-state index is 12.5. The van der Waals surface area contributed by atoms with E-state index in [1.54, 1.807) is 12.3 Å². The number of carbonyl (C=O) groups is 1. The molecule has 0 aliphatic rings. The van der Waals surface area contributed by atoms with Crippen molar-refractivity contribution in [3.05, 3.63) is 119 Å². The normalized spacial score (nSPS) is 11.1. The first-order valence-electron chi connectivity index (χ1n) is 11.0. The molecule has 6 nitrogen and oxygen atoms in total. The lowest BCUT2D eigenvalue weighted by atomic mass is 10.1. The molecule has 4 aromatic carbocycles. The summed E-state index contributed by atoms with van der Waals surface area (Å²) >= 11 is 6.18. The predicted molar refractivity (Wildman–Crippen MR) is 139 cm³/mol. The summed E-state index contributed by atoms with van der Waals surface area (Å²) in [5.74, 6) is 0.338. The highest BCUT2D eigenvalue weighted by Gasteiger charge is 2.11. The number of aromatic amines is 1. The van der Waals surface area contributed by atoms with Crippen LogP contribution in [0.15, 0.2) is 102 Å². The van der Waals surface area contributed by atoms with Crippen molar-refractivity contribution in [2.75, 3.05) is 0 Å². The number of nitrogens with one attached hydrogen (secondary N) is 2. The van der Waals surface area contributed by atoms with E-state index in [0.717, 1.165) is 27.5 Å². The van der Waals surface area contributed by atoms with Gasteiger partial charge in [0, 0.05) is 21.7 Å². The summed E-state index contributed by atoms with van der Waals surface area (Å²) in [6.07, 6.45) is 1.64. The maximum atomic E-state index is 12.5. The third-order valence-electron chi connectivity index (χ3n) is 5.52. The number of ether oxygens (including phenoxy) is 1. The number of H-pyrrole nitrogens is 1. The number of rotatable bonds is 7. The molecule has 172 valence electrons. The molecule has 1 heterocycles. The van der Waals surface area contributed by atoms with Gasteiger partial charge >= 0.3 is 0 Å². The molecule has 0 spiro atoms. The molecule has 0 unspecified atom stereocenters. The fourth-order valence-corrected chi connectivity index (χ4v) is 3.86. The largest absolute Gasteiger partial charge is 0.489 e. The van der Waals surface area contributed by atoms with Crippen LogP contribution < -0.4 is 10.2 Å². The molecule has 2 N–H and O–H groups in total. The molecule has 7 heteroatoms. The molecule has 0 bridgehead atoms. The van der Waals surface area contributed by atoms with Crippen molar-refractivity contribution in [1.29, 1.82) is 0 Å². The Kier molecular flexibility index (Phi) is 6.55. The SMILES string of the molecule is O=C(N/N=C/c1cccc2ccccc12)c1cc(-c2ccc(OCc3ccccc3Cl)cc2)n[nH]1. The van der Waals surface area contributed by atoms with Gasteiger partial charge in [-0.3, -0.25) is 9.89 Å². The number of amides is 1. The summed E-state index contributed by atoms with van der Waals surface area (Å²) in [7, 11) is 0. The lowest BCUT2D eigenvalue weighted by Crippen LogP contribution is -2.18. The minimum atomic E-state index is -0.375. The van der Waals surface area contributed by atoms with Crippen molar-refractivity contribution in [3.63, 3.8) is 0 Å². The summed E-state index contributed by atoms with van der Waals surface area (Å²) in [6.45, 7) is 0.380. The van der Waals surface area contributed by atoms with Gasteiger partial charge < -0.3 is 4.74 Å². The molecule has 0 radical (unpaired) electrons. The number of carbonyl (C=O) groups excluding carboxylic acids is 1. The second-order valence-corrected chi connectivity index (χ2v) is 8.25. The van der Waals surface area contributed by atoms with Gasteiger partial charge in [0.25, 0.3) is 5.91 Å². The highest BCUT2D eigenvalue weighted by Crippen LogP contribution is 2.23. The van der Waals surface area contributed by atoms with Crippen molar-refractivity contribution < 1.29 is 9.53 Å². The van der Waals surface area contributed by atoms with Gasteiger partial charge in [0.2, 0.25) is 0 Å². The van der Waals surface area contributed by atoms with Crippen LogP contribution in [0.4, 0.5) is 0 Å². The van der Waals surface area contributed by atoms with E-state index >= 15 is 0 Å². The molecule has 1 aromatic heterocycles. The molecule has 0 saturated carbocycles. The Morgan fingerprint density at radius 2 is 1.74 bits per heavy atom. The number of hydrazone groups is 1. The van der Waals surface area contributed by atoms with E-state index in [0.29, 0.717) is 28.8 Å².